The van der Waals surface area contributed by atoms with Crippen LogP contribution in [0.1, 0.15) is 17.9 Å². The second kappa shape index (κ2) is 4.16. The molecule has 1 aliphatic rings. The molecule has 80 valence electrons. The first kappa shape index (κ1) is 10.4. The molecule has 1 saturated heterocycles. The molecule has 1 aromatic carbocycles. The topological polar surface area (TPSA) is 55.2 Å². The van der Waals surface area contributed by atoms with Crippen LogP contribution in [0.4, 0.5) is 5.69 Å². The van der Waals surface area contributed by atoms with Crippen molar-refractivity contribution in [3.63, 3.8) is 0 Å². The van der Waals surface area contributed by atoms with Crippen LogP contribution in [-0.4, -0.2) is 18.0 Å². The second-order valence-corrected chi connectivity index (χ2v) is 4.06. The number of benzene rings is 1. The molecule has 5 heteroatoms. The minimum absolute atomic E-state index is 0.000988. The Morgan fingerprint density at radius 2 is 2.33 bits per heavy atom. The van der Waals surface area contributed by atoms with Crippen LogP contribution in [0, 0.1) is 10.1 Å². The third-order valence-electron chi connectivity index (χ3n) is 2.70. The van der Waals surface area contributed by atoms with Gasteiger partial charge in [-0.05, 0) is 30.5 Å². The lowest BCUT2D eigenvalue weighted by Gasteiger charge is -2.08. The highest BCUT2D eigenvalue weighted by molar-refractivity contribution is 6.32. The molecule has 0 radical (unpaired) electrons. The normalized spacial score (nSPS) is 20.5. The quantitative estimate of drug-likeness (QED) is 0.622. The number of hydrogen-bond donors (Lipinski definition) is 1. The zero-order valence-electron chi connectivity index (χ0n) is 8.07. The van der Waals surface area contributed by atoms with Gasteiger partial charge in [0.1, 0.15) is 5.02 Å². The van der Waals surface area contributed by atoms with Crippen LogP contribution in [0.3, 0.4) is 0 Å². The maximum atomic E-state index is 10.7. The summed E-state index contributed by atoms with van der Waals surface area (Å²) in [5.41, 5.74) is 0.997. The minimum Gasteiger partial charge on any atom is -0.316 e. The molecule has 1 N–H and O–H groups in total. The van der Waals surface area contributed by atoms with Crippen molar-refractivity contribution in [2.24, 2.45) is 0 Å². The largest absolute Gasteiger partial charge is 0.316 e. The Morgan fingerprint density at radius 1 is 1.53 bits per heavy atom. The van der Waals surface area contributed by atoms with E-state index in [0.717, 1.165) is 25.1 Å². The fraction of sp³-hybridized carbons (Fsp3) is 0.400. The smallest absolute Gasteiger partial charge is 0.288 e. The summed E-state index contributed by atoms with van der Waals surface area (Å²) in [5.74, 6) is 0.376. The number of nitro benzene ring substituents is 1. The van der Waals surface area contributed by atoms with Crippen molar-refractivity contribution in [1.29, 1.82) is 0 Å². The minimum atomic E-state index is -0.436. The molecule has 0 spiro atoms. The highest BCUT2D eigenvalue weighted by Crippen LogP contribution is 2.30. The number of nitrogens with zero attached hydrogens (tertiary/aromatic N) is 1. The molecule has 1 fully saturated rings. The molecule has 1 unspecified atom stereocenters. The van der Waals surface area contributed by atoms with Gasteiger partial charge in [0.25, 0.3) is 5.69 Å². The molecule has 0 bridgehead atoms. The van der Waals surface area contributed by atoms with E-state index < -0.39 is 4.92 Å². The van der Waals surface area contributed by atoms with Crippen molar-refractivity contribution in [2.45, 2.75) is 12.3 Å². The Bertz CT molecular complexity index is 389. The summed E-state index contributed by atoms with van der Waals surface area (Å²) in [6.45, 7) is 1.86. The molecule has 0 amide bonds. The van der Waals surface area contributed by atoms with Gasteiger partial charge in [-0.3, -0.25) is 10.1 Å². The fourth-order valence-electron chi connectivity index (χ4n) is 1.86. The lowest BCUT2D eigenvalue weighted by atomic mass is 9.98. The SMILES string of the molecule is O=[N+]([O-])c1cc(C2CCNC2)ccc1Cl. The second-order valence-electron chi connectivity index (χ2n) is 3.66. The summed E-state index contributed by atoms with van der Waals surface area (Å²) in [7, 11) is 0. The van der Waals surface area contributed by atoms with E-state index >= 15 is 0 Å². The first-order chi connectivity index (χ1) is 7.18. The van der Waals surface area contributed by atoms with Crippen molar-refractivity contribution < 1.29 is 4.92 Å². The van der Waals surface area contributed by atoms with Crippen LogP contribution in [-0.2, 0) is 0 Å². The highest BCUT2D eigenvalue weighted by atomic mass is 35.5. The Balaban J connectivity index is 2.33. The maximum absolute atomic E-state index is 10.7. The van der Waals surface area contributed by atoms with E-state index in [-0.39, 0.29) is 10.7 Å². The van der Waals surface area contributed by atoms with Gasteiger partial charge in [-0.2, -0.15) is 0 Å². The lowest BCUT2D eigenvalue weighted by Crippen LogP contribution is -2.08. The van der Waals surface area contributed by atoms with Gasteiger partial charge in [-0.25, -0.2) is 0 Å². The van der Waals surface area contributed by atoms with Gasteiger partial charge in [0.2, 0.25) is 0 Å². The Kier molecular flexibility index (Phi) is 2.88. The number of rotatable bonds is 2. The van der Waals surface area contributed by atoms with E-state index in [4.69, 9.17) is 11.6 Å². The number of halogens is 1. The van der Waals surface area contributed by atoms with Gasteiger partial charge in [0.15, 0.2) is 0 Å². The molecule has 2 rings (SSSR count). The molecular formula is C10H11ClN2O2. The highest BCUT2D eigenvalue weighted by Gasteiger charge is 2.20. The predicted molar refractivity (Wildman–Crippen MR) is 58.3 cm³/mol. The Hall–Kier alpha value is -1.13. The Labute approximate surface area is 92.4 Å². The number of nitrogens with one attached hydrogen (secondary N) is 1. The van der Waals surface area contributed by atoms with Crippen molar-refractivity contribution in [3.8, 4) is 0 Å². The first-order valence-corrected chi connectivity index (χ1v) is 5.21. The van der Waals surface area contributed by atoms with Crippen molar-refractivity contribution in [1.82, 2.24) is 5.32 Å². The Morgan fingerprint density at radius 3 is 2.93 bits per heavy atom. The summed E-state index contributed by atoms with van der Waals surface area (Å²) >= 11 is 5.74. The molecule has 0 saturated carbocycles. The summed E-state index contributed by atoms with van der Waals surface area (Å²) in [5, 5.41) is 14.1. The third kappa shape index (κ3) is 2.11. The molecular weight excluding hydrogens is 216 g/mol. The van der Waals surface area contributed by atoms with Crippen LogP contribution < -0.4 is 5.32 Å². The van der Waals surface area contributed by atoms with E-state index in [2.05, 4.69) is 5.32 Å². The van der Waals surface area contributed by atoms with E-state index in [9.17, 15) is 10.1 Å². The van der Waals surface area contributed by atoms with Crippen LogP contribution in [0.5, 0.6) is 0 Å². The third-order valence-corrected chi connectivity index (χ3v) is 3.02. The van der Waals surface area contributed by atoms with E-state index in [0.29, 0.717) is 5.92 Å². The van der Waals surface area contributed by atoms with E-state index in [1.165, 1.54) is 0 Å². The monoisotopic (exact) mass is 226 g/mol. The summed E-state index contributed by atoms with van der Waals surface area (Å²) in [6, 6.07) is 5.06. The van der Waals surface area contributed by atoms with E-state index in [1.54, 1.807) is 12.1 Å². The van der Waals surface area contributed by atoms with Crippen LogP contribution in [0.15, 0.2) is 18.2 Å². The molecule has 0 aliphatic carbocycles. The van der Waals surface area contributed by atoms with Gasteiger partial charge in [-0.15, -0.1) is 0 Å². The predicted octanol–water partition coefficient (Wildman–Crippen LogP) is 2.33. The van der Waals surface area contributed by atoms with Crippen LogP contribution >= 0.6 is 11.6 Å². The van der Waals surface area contributed by atoms with Gasteiger partial charge in [0.05, 0.1) is 4.92 Å². The molecule has 4 nitrogen and oxygen atoms in total. The van der Waals surface area contributed by atoms with Crippen molar-refractivity contribution >= 4 is 17.3 Å². The van der Waals surface area contributed by atoms with Gasteiger partial charge >= 0.3 is 0 Å². The van der Waals surface area contributed by atoms with Crippen LogP contribution in [0.2, 0.25) is 5.02 Å². The lowest BCUT2D eigenvalue weighted by molar-refractivity contribution is -0.384. The molecule has 1 aliphatic heterocycles. The molecule has 15 heavy (non-hydrogen) atoms. The molecule has 1 aromatic rings. The zero-order chi connectivity index (χ0) is 10.8. The summed E-state index contributed by atoms with van der Waals surface area (Å²) < 4.78 is 0. The van der Waals surface area contributed by atoms with Crippen LogP contribution in [0.25, 0.3) is 0 Å². The standard InChI is InChI=1S/C10H11ClN2O2/c11-9-2-1-7(5-10(9)13(14)15)8-3-4-12-6-8/h1-2,5,8,12H,3-4,6H2. The molecule has 1 atom stereocenters. The number of nitro groups is 1. The fourth-order valence-corrected chi connectivity index (χ4v) is 2.05. The van der Waals surface area contributed by atoms with Gasteiger partial charge < -0.3 is 5.32 Å². The zero-order valence-corrected chi connectivity index (χ0v) is 8.83. The average molecular weight is 227 g/mol. The maximum Gasteiger partial charge on any atom is 0.288 e. The summed E-state index contributed by atoms with van der Waals surface area (Å²) in [4.78, 5) is 10.3. The average Bonchev–Trinajstić information content (AvgIpc) is 2.71. The van der Waals surface area contributed by atoms with Crippen molar-refractivity contribution in [2.75, 3.05) is 13.1 Å². The van der Waals surface area contributed by atoms with Gasteiger partial charge in [-0.1, -0.05) is 17.7 Å². The first-order valence-electron chi connectivity index (χ1n) is 4.83. The summed E-state index contributed by atoms with van der Waals surface area (Å²) in [6.07, 6.45) is 1.03. The van der Waals surface area contributed by atoms with Gasteiger partial charge in [0, 0.05) is 12.6 Å². The number of hydrogen-bond acceptors (Lipinski definition) is 3. The van der Waals surface area contributed by atoms with E-state index in [1.807, 2.05) is 6.07 Å². The molecule has 0 aromatic heterocycles. The van der Waals surface area contributed by atoms with Crippen molar-refractivity contribution in [3.05, 3.63) is 38.9 Å². The molecule has 1 heterocycles.